The van der Waals surface area contributed by atoms with Gasteiger partial charge in [0.25, 0.3) is 0 Å². The lowest BCUT2D eigenvalue weighted by atomic mass is 10.0. The summed E-state index contributed by atoms with van der Waals surface area (Å²) in [7, 11) is 1.44. The number of alkyl halides is 3. The average Bonchev–Trinajstić information content (AvgIpc) is 3.46. The first-order valence-corrected chi connectivity index (χ1v) is 11.7. The van der Waals surface area contributed by atoms with Gasteiger partial charge in [-0.15, -0.1) is 24.5 Å². The molecule has 0 saturated heterocycles. The van der Waals surface area contributed by atoms with Crippen LogP contribution in [0, 0.1) is 22.1 Å². The zero-order chi connectivity index (χ0) is 26.8. The lowest BCUT2D eigenvalue weighted by Gasteiger charge is -2.11. The minimum Gasteiger partial charge on any atom is -0.494 e. The van der Waals surface area contributed by atoms with Crippen LogP contribution in [0.2, 0.25) is 0 Å². The molecule has 0 unspecified atom stereocenters. The molecule has 3 N–H and O–H groups in total. The minimum atomic E-state index is -4.81. The highest BCUT2D eigenvalue weighted by Gasteiger charge is 2.44. The highest BCUT2D eigenvalue weighted by molar-refractivity contribution is 7.18. The summed E-state index contributed by atoms with van der Waals surface area (Å²) in [6.45, 7) is 0. The molecule has 0 bridgehead atoms. The molecule has 4 rings (SSSR count). The van der Waals surface area contributed by atoms with E-state index < -0.39 is 30.1 Å². The topological polar surface area (TPSA) is 141 Å². The Hall–Kier alpha value is -4.18. The van der Waals surface area contributed by atoms with Crippen molar-refractivity contribution in [2.45, 2.75) is 37.6 Å². The Kier molecular flexibility index (Phi) is 7.04. The van der Waals surface area contributed by atoms with Gasteiger partial charge in [-0.1, -0.05) is 12.1 Å². The molecule has 9 nitrogen and oxygen atoms in total. The van der Waals surface area contributed by atoms with E-state index >= 15 is 0 Å². The molecule has 0 radical (unpaired) electrons. The molecule has 1 fully saturated rings. The van der Waals surface area contributed by atoms with Gasteiger partial charge in [0.15, 0.2) is 11.8 Å². The van der Waals surface area contributed by atoms with Gasteiger partial charge in [-0.25, -0.2) is 4.98 Å². The number of benzene rings is 2. The standard InChI is InChI=1S/C24H20F3N5O4S/c1-34-16-8-14(13-3-2-4-15(7-13)36-24(25,26)27)9-17-22(16)31-21(37-17)11-19(30)35-18(29)10-20(33)32-23(12-28)5-6-23/h2-4,7-9,29-30H,5-6,10-11H2,1H3,(H,32,33). The van der Waals surface area contributed by atoms with E-state index in [0.717, 1.165) is 0 Å². The van der Waals surface area contributed by atoms with Gasteiger partial charge in [-0.3, -0.25) is 15.6 Å². The summed E-state index contributed by atoms with van der Waals surface area (Å²) in [6, 6.07) is 11.0. The third-order valence-corrected chi connectivity index (χ3v) is 6.35. The van der Waals surface area contributed by atoms with Crippen LogP contribution in [0.25, 0.3) is 21.3 Å². The highest BCUT2D eigenvalue weighted by Crippen LogP contribution is 2.37. The number of methoxy groups -OCH3 is 1. The van der Waals surface area contributed by atoms with Gasteiger partial charge in [0.05, 0.1) is 24.3 Å². The SMILES string of the molecule is COc1cc(-c2cccc(OC(F)(F)F)c2)cc2sc(CC(=N)OC(=N)CC(=O)NC3(C#N)CC3)nc12. The molecular weight excluding hydrogens is 511 g/mol. The number of nitrogens with one attached hydrogen (secondary N) is 3. The molecular formula is C24H20F3N5O4S. The van der Waals surface area contributed by atoms with Crippen LogP contribution in [-0.4, -0.2) is 41.7 Å². The number of nitriles is 1. The van der Waals surface area contributed by atoms with Gasteiger partial charge in [0.1, 0.15) is 34.0 Å². The maximum atomic E-state index is 12.6. The van der Waals surface area contributed by atoms with Crippen molar-refractivity contribution in [2.75, 3.05) is 7.11 Å². The van der Waals surface area contributed by atoms with Crippen molar-refractivity contribution in [3.8, 4) is 28.7 Å². The molecule has 0 aliphatic heterocycles. The number of hydrogen-bond donors (Lipinski definition) is 3. The molecule has 0 atom stereocenters. The predicted octanol–water partition coefficient (Wildman–Crippen LogP) is 4.95. The van der Waals surface area contributed by atoms with Crippen molar-refractivity contribution in [2.24, 2.45) is 0 Å². The van der Waals surface area contributed by atoms with Crippen molar-refractivity contribution in [1.82, 2.24) is 10.3 Å². The Morgan fingerprint density at radius 1 is 1.22 bits per heavy atom. The second-order valence-corrected chi connectivity index (χ2v) is 9.37. The first kappa shape index (κ1) is 25.9. The summed E-state index contributed by atoms with van der Waals surface area (Å²) in [5, 5.41) is 28.0. The van der Waals surface area contributed by atoms with Crippen LogP contribution in [0.5, 0.6) is 11.5 Å². The molecule has 1 heterocycles. The summed E-state index contributed by atoms with van der Waals surface area (Å²) in [4.78, 5) is 16.5. The van der Waals surface area contributed by atoms with E-state index in [1.54, 1.807) is 18.2 Å². The molecule has 1 saturated carbocycles. The number of ether oxygens (including phenoxy) is 3. The van der Waals surface area contributed by atoms with E-state index in [9.17, 15) is 18.0 Å². The fraction of sp³-hybridized carbons (Fsp3) is 0.292. The number of rotatable bonds is 8. The second kappa shape index (κ2) is 10.1. The predicted molar refractivity (Wildman–Crippen MR) is 129 cm³/mol. The molecule has 0 spiro atoms. The van der Waals surface area contributed by atoms with Crippen molar-refractivity contribution >= 4 is 39.3 Å². The van der Waals surface area contributed by atoms with E-state index in [1.165, 1.54) is 36.6 Å². The fourth-order valence-electron chi connectivity index (χ4n) is 3.52. The zero-order valence-electron chi connectivity index (χ0n) is 19.4. The molecule has 1 amide bonds. The first-order chi connectivity index (χ1) is 17.5. The number of thiazole rings is 1. The summed E-state index contributed by atoms with van der Waals surface area (Å²) >= 11 is 1.23. The van der Waals surface area contributed by atoms with E-state index in [-0.39, 0.29) is 18.1 Å². The lowest BCUT2D eigenvalue weighted by Crippen LogP contribution is -2.37. The summed E-state index contributed by atoms with van der Waals surface area (Å²) in [6.07, 6.45) is -4.14. The van der Waals surface area contributed by atoms with Crippen molar-refractivity contribution in [3.63, 3.8) is 0 Å². The summed E-state index contributed by atoms with van der Waals surface area (Å²) in [5.74, 6) is -1.22. The van der Waals surface area contributed by atoms with Crippen LogP contribution in [0.3, 0.4) is 0 Å². The number of amides is 1. The monoisotopic (exact) mass is 531 g/mol. The maximum Gasteiger partial charge on any atom is 0.573 e. The Balaban J connectivity index is 1.46. The third-order valence-electron chi connectivity index (χ3n) is 5.35. The highest BCUT2D eigenvalue weighted by atomic mass is 32.1. The van der Waals surface area contributed by atoms with Crippen LogP contribution < -0.4 is 14.8 Å². The molecule has 37 heavy (non-hydrogen) atoms. The Morgan fingerprint density at radius 3 is 2.62 bits per heavy atom. The van der Waals surface area contributed by atoms with Crippen molar-refractivity contribution in [1.29, 1.82) is 16.1 Å². The fourth-order valence-corrected chi connectivity index (χ4v) is 4.54. The molecule has 2 aromatic carbocycles. The summed E-state index contributed by atoms with van der Waals surface area (Å²) < 4.78 is 53.1. The number of carbonyl (C=O) groups is 1. The number of hydrogen-bond acceptors (Lipinski definition) is 9. The molecule has 3 aromatic rings. The zero-order valence-corrected chi connectivity index (χ0v) is 20.2. The van der Waals surface area contributed by atoms with Crippen LogP contribution >= 0.6 is 11.3 Å². The van der Waals surface area contributed by atoms with E-state index in [0.29, 0.717) is 44.9 Å². The number of nitrogens with zero attached hydrogens (tertiary/aromatic N) is 2. The van der Waals surface area contributed by atoms with Gasteiger partial charge in [0, 0.05) is 0 Å². The normalized spacial score (nSPS) is 13.9. The van der Waals surface area contributed by atoms with Gasteiger partial charge < -0.3 is 19.5 Å². The van der Waals surface area contributed by atoms with Crippen molar-refractivity contribution < 1.29 is 32.2 Å². The van der Waals surface area contributed by atoms with Crippen LogP contribution in [0.15, 0.2) is 36.4 Å². The Labute approximate surface area is 212 Å². The maximum absolute atomic E-state index is 12.6. The molecule has 1 aliphatic carbocycles. The van der Waals surface area contributed by atoms with E-state index in [2.05, 4.69) is 15.0 Å². The van der Waals surface area contributed by atoms with Gasteiger partial charge in [-0.05, 0) is 48.2 Å². The number of carbonyl (C=O) groups excluding carboxylic acids is 1. The second-order valence-electron chi connectivity index (χ2n) is 8.25. The molecule has 192 valence electrons. The molecule has 1 aliphatic rings. The van der Waals surface area contributed by atoms with Crippen LogP contribution in [-0.2, 0) is 16.0 Å². The Morgan fingerprint density at radius 2 is 1.97 bits per heavy atom. The number of halogens is 3. The van der Waals surface area contributed by atoms with Gasteiger partial charge >= 0.3 is 6.36 Å². The molecule has 13 heteroatoms. The van der Waals surface area contributed by atoms with E-state index in [1.807, 2.05) is 6.07 Å². The first-order valence-electron chi connectivity index (χ1n) is 10.9. The number of fused-ring (bicyclic) bond motifs is 1. The smallest absolute Gasteiger partial charge is 0.494 e. The van der Waals surface area contributed by atoms with Gasteiger partial charge in [0.2, 0.25) is 5.91 Å². The van der Waals surface area contributed by atoms with Crippen LogP contribution in [0.4, 0.5) is 13.2 Å². The summed E-state index contributed by atoms with van der Waals surface area (Å²) in [5.41, 5.74) is 0.708. The quantitative estimate of drug-likeness (QED) is 0.278. The lowest BCUT2D eigenvalue weighted by molar-refractivity contribution is -0.274. The van der Waals surface area contributed by atoms with Gasteiger partial charge in [-0.2, -0.15) is 5.26 Å². The largest absolute Gasteiger partial charge is 0.573 e. The van der Waals surface area contributed by atoms with E-state index in [4.69, 9.17) is 25.6 Å². The average molecular weight is 532 g/mol. The number of aromatic nitrogens is 1. The van der Waals surface area contributed by atoms with Crippen molar-refractivity contribution in [3.05, 3.63) is 41.4 Å². The minimum absolute atomic E-state index is 0.0567. The Bertz CT molecular complexity index is 1430. The van der Waals surface area contributed by atoms with Crippen LogP contribution in [0.1, 0.15) is 24.3 Å². The molecule has 1 aromatic heterocycles. The third kappa shape index (κ3) is 6.53.